The van der Waals surface area contributed by atoms with E-state index in [9.17, 15) is 4.39 Å². The standard InChI is InChI=1S/C15H22FN/c1-4-11(5-2)15-14-9-13(16)7-6-12(14)8-10(3)17-15/h6-7,9-11,15,17H,4-5,8H2,1-3H3. The van der Waals surface area contributed by atoms with E-state index >= 15 is 0 Å². The van der Waals surface area contributed by atoms with Crippen molar-refractivity contribution in [3.8, 4) is 0 Å². The lowest BCUT2D eigenvalue weighted by atomic mass is 9.82. The monoisotopic (exact) mass is 235 g/mol. The average molecular weight is 235 g/mol. The number of nitrogens with one attached hydrogen (secondary N) is 1. The van der Waals surface area contributed by atoms with Crippen LogP contribution in [0.5, 0.6) is 0 Å². The van der Waals surface area contributed by atoms with Crippen LogP contribution in [0.25, 0.3) is 0 Å². The highest BCUT2D eigenvalue weighted by atomic mass is 19.1. The van der Waals surface area contributed by atoms with Crippen LogP contribution in [-0.4, -0.2) is 6.04 Å². The zero-order valence-corrected chi connectivity index (χ0v) is 11.0. The normalized spacial score (nSPS) is 23.8. The Morgan fingerprint density at radius 3 is 2.71 bits per heavy atom. The van der Waals surface area contributed by atoms with Crippen LogP contribution in [0.4, 0.5) is 4.39 Å². The quantitative estimate of drug-likeness (QED) is 0.839. The Hall–Kier alpha value is -0.890. The fourth-order valence-electron chi connectivity index (χ4n) is 2.98. The molecule has 1 aliphatic heterocycles. The molecule has 17 heavy (non-hydrogen) atoms. The second-order valence-corrected chi connectivity index (χ2v) is 5.17. The van der Waals surface area contributed by atoms with Crippen LogP contribution in [0.15, 0.2) is 18.2 Å². The molecule has 0 aliphatic carbocycles. The van der Waals surface area contributed by atoms with E-state index in [4.69, 9.17) is 0 Å². The molecule has 0 saturated carbocycles. The van der Waals surface area contributed by atoms with Gasteiger partial charge in [-0.1, -0.05) is 32.8 Å². The van der Waals surface area contributed by atoms with Crippen molar-refractivity contribution < 1.29 is 4.39 Å². The number of rotatable bonds is 3. The number of hydrogen-bond donors (Lipinski definition) is 1. The van der Waals surface area contributed by atoms with Gasteiger partial charge in [0.15, 0.2) is 0 Å². The van der Waals surface area contributed by atoms with Crippen molar-refractivity contribution in [3.05, 3.63) is 35.1 Å². The van der Waals surface area contributed by atoms with Crippen molar-refractivity contribution in [3.63, 3.8) is 0 Å². The summed E-state index contributed by atoms with van der Waals surface area (Å²) in [7, 11) is 0. The maximum absolute atomic E-state index is 13.4. The minimum absolute atomic E-state index is 0.115. The van der Waals surface area contributed by atoms with E-state index < -0.39 is 0 Å². The molecule has 2 unspecified atom stereocenters. The molecule has 0 radical (unpaired) electrons. The fourth-order valence-corrected chi connectivity index (χ4v) is 2.98. The zero-order valence-electron chi connectivity index (χ0n) is 11.0. The largest absolute Gasteiger partial charge is 0.307 e. The number of benzene rings is 1. The molecule has 0 saturated heterocycles. The summed E-state index contributed by atoms with van der Waals surface area (Å²) >= 11 is 0. The van der Waals surface area contributed by atoms with Crippen LogP contribution in [0, 0.1) is 11.7 Å². The molecule has 0 aromatic heterocycles. The first-order valence-corrected chi connectivity index (χ1v) is 6.70. The summed E-state index contributed by atoms with van der Waals surface area (Å²) < 4.78 is 13.4. The molecule has 2 rings (SSSR count). The Bertz CT molecular complexity index is 385. The minimum Gasteiger partial charge on any atom is -0.307 e. The molecule has 2 atom stereocenters. The smallest absolute Gasteiger partial charge is 0.123 e. The summed E-state index contributed by atoms with van der Waals surface area (Å²) in [6, 6.07) is 6.06. The highest BCUT2D eigenvalue weighted by Gasteiger charge is 2.28. The lowest BCUT2D eigenvalue weighted by Gasteiger charge is -2.36. The molecule has 0 bridgehead atoms. The molecular weight excluding hydrogens is 213 g/mol. The summed E-state index contributed by atoms with van der Waals surface area (Å²) in [6.45, 7) is 6.64. The van der Waals surface area contributed by atoms with Crippen LogP contribution < -0.4 is 5.32 Å². The summed E-state index contributed by atoms with van der Waals surface area (Å²) in [5.41, 5.74) is 2.49. The number of hydrogen-bond acceptors (Lipinski definition) is 1. The molecule has 2 heteroatoms. The Morgan fingerprint density at radius 1 is 1.35 bits per heavy atom. The lowest BCUT2D eigenvalue weighted by molar-refractivity contribution is 0.296. The molecule has 1 nitrogen and oxygen atoms in total. The molecule has 1 aromatic rings. The Kier molecular flexibility index (Phi) is 3.82. The van der Waals surface area contributed by atoms with Crippen LogP contribution in [-0.2, 0) is 6.42 Å². The summed E-state index contributed by atoms with van der Waals surface area (Å²) in [5, 5.41) is 3.64. The van der Waals surface area contributed by atoms with E-state index in [1.165, 1.54) is 11.1 Å². The van der Waals surface area contributed by atoms with Crippen LogP contribution in [0.2, 0.25) is 0 Å². The molecule has 1 N–H and O–H groups in total. The van der Waals surface area contributed by atoms with Gasteiger partial charge in [-0.15, -0.1) is 0 Å². The first kappa shape index (κ1) is 12.6. The predicted molar refractivity (Wildman–Crippen MR) is 69.5 cm³/mol. The fraction of sp³-hybridized carbons (Fsp3) is 0.600. The van der Waals surface area contributed by atoms with Gasteiger partial charge in [-0.25, -0.2) is 4.39 Å². The second kappa shape index (κ2) is 5.18. The highest BCUT2D eigenvalue weighted by molar-refractivity contribution is 5.34. The first-order chi connectivity index (χ1) is 8.15. The van der Waals surface area contributed by atoms with Gasteiger partial charge in [0.25, 0.3) is 0 Å². The van der Waals surface area contributed by atoms with Crippen molar-refractivity contribution in [1.29, 1.82) is 0 Å². The molecular formula is C15H22FN. The lowest BCUT2D eigenvalue weighted by Crippen LogP contribution is -2.40. The first-order valence-electron chi connectivity index (χ1n) is 6.70. The molecule has 1 heterocycles. The van der Waals surface area contributed by atoms with Gasteiger partial charge in [0.1, 0.15) is 5.82 Å². The topological polar surface area (TPSA) is 12.0 Å². The maximum Gasteiger partial charge on any atom is 0.123 e. The van der Waals surface area contributed by atoms with Crippen molar-refractivity contribution in [2.45, 2.75) is 52.1 Å². The number of halogens is 1. The van der Waals surface area contributed by atoms with Crippen molar-refractivity contribution in [1.82, 2.24) is 5.32 Å². The molecule has 0 amide bonds. The van der Waals surface area contributed by atoms with E-state index in [-0.39, 0.29) is 5.82 Å². The van der Waals surface area contributed by atoms with Gasteiger partial charge in [0, 0.05) is 12.1 Å². The average Bonchev–Trinajstić information content (AvgIpc) is 2.31. The van der Waals surface area contributed by atoms with Gasteiger partial charge in [-0.05, 0) is 42.5 Å². The maximum atomic E-state index is 13.4. The Balaban J connectivity index is 2.38. The number of fused-ring (bicyclic) bond motifs is 1. The van der Waals surface area contributed by atoms with Crippen LogP contribution >= 0.6 is 0 Å². The van der Waals surface area contributed by atoms with E-state index in [2.05, 4.69) is 26.1 Å². The predicted octanol–water partition coefficient (Wildman–Crippen LogP) is 3.84. The van der Waals surface area contributed by atoms with Crippen LogP contribution in [0.3, 0.4) is 0 Å². The Morgan fingerprint density at radius 2 is 2.06 bits per heavy atom. The van der Waals surface area contributed by atoms with Crippen molar-refractivity contribution in [2.24, 2.45) is 5.92 Å². The van der Waals surface area contributed by atoms with Gasteiger partial charge in [0.05, 0.1) is 0 Å². The summed E-state index contributed by atoms with van der Waals surface area (Å²) in [4.78, 5) is 0. The van der Waals surface area contributed by atoms with E-state index in [0.717, 1.165) is 19.3 Å². The second-order valence-electron chi connectivity index (χ2n) is 5.17. The zero-order chi connectivity index (χ0) is 12.4. The molecule has 1 aliphatic rings. The van der Waals surface area contributed by atoms with Crippen LogP contribution in [0.1, 0.15) is 50.8 Å². The van der Waals surface area contributed by atoms with Gasteiger partial charge >= 0.3 is 0 Å². The van der Waals surface area contributed by atoms with Gasteiger partial charge in [-0.3, -0.25) is 0 Å². The van der Waals surface area contributed by atoms with E-state index in [1.807, 2.05) is 6.07 Å². The Labute approximate surface area is 103 Å². The van der Waals surface area contributed by atoms with Gasteiger partial charge in [-0.2, -0.15) is 0 Å². The molecule has 0 fully saturated rings. The van der Waals surface area contributed by atoms with Gasteiger partial charge < -0.3 is 5.32 Å². The summed E-state index contributed by atoms with van der Waals surface area (Å²) in [6.07, 6.45) is 3.28. The summed E-state index contributed by atoms with van der Waals surface area (Å²) in [5.74, 6) is 0.481. The molecule has 1 aromatic carbocycles. The van der Waals surface area contributed by atoms with Gasteiger partial charge in [0.2, 0.25) is 0 Å². The third kappa shape index (κ3) is 2.52. The third-order valence-corrected chi connectivity index (χ3v) is 3.95. The van der Waals surface area contributed by atoms with E-state index in [0.29, 0.717) is 18.0 Å². The SMILES string of the molecule is CCC(CC)C1NC(C)Cc2ccc(F)cc21. The van der Waals surface area contributed by atoms with Crippen molar-refractivity contribution in [2.75, 3.05) is 0 Å². The third-order valence-electron chi connectivity index (χ3n) is 3.95. The van der Waals surface area contributed by atoms with E-state index in [1.54, 1.807) is 12.1 Å². The highest BCUT2D eigenvalue weighted by Crippen LogP contribution is 2.34. The molecule has 0 spiro atoms. The molecule has 94 valence electrons. The minimum atomic E-state index is -0.115. The van der Waals surface area contributed by atoms with Crippen molar-refractivity contribution >= 4 is 0 Å².